The second kappa shape index (κ2) is 10.0. The maximum atomic E-state index is 12.3. The predicted octanol–water partition coefficient (Wildman–Crippen LogP) is 3.88. The van der Waals surface area contributed by atoms with Crippen LogP contribution >= 0.6 is 28.1 Å². The number of rotatable bonds is 4. The lowest BCUT2D eigenvalue weighted by atomic mass is 10.1. The van der Waals surface area contributed by atoms with Gasteiger partial charge in [-0.25, -0.2) is 0 Å². The molecule has 0 atom stereocenters. The van der Waals surface area contributed by atoms with Crippen molar-refractivity contribution in [3.8, 4) is 0 Å². The molecule has 2 amide bonds. The molecule has 30 heavy (non-hydrogen) atoms. The van der Waals surface area contributed by atoms with Gasteiger partial charge in [0.1, 0.15) is 0 Å². The zero-order valence-corrected chi connectivity index (χ0v) is 19.4. The number of halogens is 1. The highest BCUT2D eigenvalue weighted by molar-refractivity contribution is 9.10. The smallest absolute Gasteiger partial charge is 0.257 e. The molecule has 1 aliphatic rings. The van der Waals surface area contributed by atoms with Crippen LogP contribution in [0.2, 0.25) is 0 Å². The van der Waals surface area contributed by atoms with Crippen molar-refractivity contribution >= 4 is 56.4 Å². The minimum atomic E-state index is -0.265. The van der Waals surface area contributed by atoms with Crippen LogP contribution < -0.4 is 15.5 Å². The molecule has 0 bridgehead atoms. The Balaban J connectivity index is 1.51. The highest BCUT2D eigenvalue weighted by atomic mass is 79.9. The van der Waals surface area contributed by atoms with Crippen LogP contribution in [0.5, 0.6) is 0 Å². The highest BCUT2D eigenvalue weighted by Gasteiger charge is 2.22. The van der Waals surface area contributed by atoms with E-state index >= 15 is 0 Å². The molecule has 6 nitrogen and oxygen atoms in total. The number of piperazine rings is 1. The van der Waals surface area contributed by atoms with Crippen LogP contribution in [0.4, 0.5) is 11.4 Å². The first-order valence-corrected chi connectivity index (χ1v) is 11.1. The minimum absolute atomic E-state index is 0.0367. The second-order valence-electron chi connectivity index (χ2n) is 7.43. The van der Waals surface area contributed by atoms with E-state index in [4.69, 9.17) is 12.2 Å². The van der Waals surface area contributed by atoms with Gasteiger partial charge in [-0.1, -0.05) is 35.8 Å². The summed E-state index contributed by atoms with van der Waals surface area (Å²) in [6.45, 7) is 6.97. The number of carbonyl (C=O) groups excluding carboxylic acids is 2. The summed E-state index contributed by atoms with van der Waals surface area (Å²) in [5.41, 5.74) is 2.42. The van der Waals surface area contributed by atoms with Crippen molar-refractivity contribution in [3.05, 3.63) is 58.6 Å². The molecule has 3 rings (SSSR count). The van der Waals surface area contributed by atoms with Gasteiger partial charge in [-0.15, -0.1) is 0 Å². The SMILES string of the molecule is CC(C)C(=O)N1CCN(c2ccc(NC(=S)NC(=O)c3cccc(Br)c3)cc2)CC1. The van der Waals surface area contributed by atoms with E-state index < -0.39 is 0 Å². The third kappa shape index (κ3) is 5.79. The molecule has 2 N–H and O–H groups in total. The third-order valence-electron chi connectivity index (χ3n) is 4.89. The number of hydrogen-bond donors (Lipinski definition) is 2. The predicted molar refractivity (Wildman–Crippen MR) is 128 cm³/mol. The molecular weight excluding hydrogens is 464 g/mol. The Bertz CT molecular complexity index is 925. The number of amides is 2. The normalized spacial score (nSPS) is 13.9. The van der Waals surface area contributed by atoms with Gasteiger partial charge in [0.15, 0.2) is 5.11 Å². The molecule has 0 aliphatic carbocycles. The molecule has 1 heterocycles. The topological polar surface area (TPSA) is 64.7 Å². The van der Waals surface area contributed by atoms with Gasteiger partial charge in [0.2, 0.25) is 5.91 Å². The van der Waals surface area contributed by atoms with Crippen molar-refractivity contribution < 1.29 is 9.59 Å². The van der Waals surface area contributed by atoms with Gasteiger partial charge < -0.3 is 15.1 Å². The molecule has 1 saturated heterocycles. The molecule has 1 aliphatic heterocycles. The fourth-order valence-corrected chi connectivity index (χ4v) is 3.88. The highest BCUT2D eigenvalue weighted by Crippen LogP contribution is 2.20. The maximum Gasteiger partial charge on any atom is 0.257 e. The Labute approximate surface area is 190 Å². The summed E-state index contributed by atoms with van der Waals surface area (Å²) < 4.78 is 0.832. The number of thiocarbonyl (C=S) groups is 1. The lowest BCUT2D eigenvalue weighted by molar-refractivity contribution is -0.134. The quantitative estimate of drug-likeness (QED) is 0.639. The third-order valence-corrected chi connectivity index (χ3v) is 5.59. The van der Waals surface area contributed by atoms with Crippen LogP contribution in [-0.2, 0) is 4.79 Å². The van der Waals surface area contributed by atoms with Crippen LogP contribution in [0.1, 0.15) is 24.2 Å². The second-order valence-corrected chi connectivity index (χ2v) is 8.76. The molecule has 0 radical (unpaired) electrons. The number of anilines is 2. The Morgan fingerprint density at radius 3 is 2.30 bits per heavy atom. The maximum absolute atomic E-state index is 12.3. The summed E-state index contributed by atoms with van der Waals surface area (Å²) in [5.74, 6) is -0.0125. The summed E-state index contributed by atoms with van der Waals surface area (Å²) >= 11 is 8.61. The molecule has 0 aromatic heterocycles. The van der Waals surface area contributed by atoms with Crippen LogP contribution in [0, 0.1) is 5.92 Å². The Morgan fingerprint density at radius 1 is 1.03 bits per heavy atom. The van der Waals surface area contributed by atoms with Gasteiger partial charge in [-0.2, -0.15) is 0 Å². The summed E-state index contributed by atoms with van der Waals surface area (Å²) in [6, 6.07) is 15.0. The average molecular weight is 489 g/mol. The number of carbonyl (C=O) groups is 2. The molecule has 1 fully saturated rings. The molecular formula is C22H25BrN4O2S. The molecule has 2 aromatic carbocycles. The largest absolute Gasteiger partial charge is 0.368 e. The van der Waals surface area contributed by atoms with Crippen molar-refractivity contribution in [2.75, 3.05) is 36.4 Å². The van der Waals surface area contributed by atoms with Crippen LogP contribution in [0.25, 0.3) is 0 Å². The fourth-order valence-electron chi connectivity index (χ4n) is 3.27. The fraction of sp³-hybridized carbons (Fsp3) is 0.318. The van der Waals surface area contributed by atoms with Crippen LogP contribution in [0.15, 0.2) is 53.0 Å². The first-order valence-electron chi connectivity index (χ1n) is 9.85. The van der Waals surface area contributed by atoms with E-state index in [0.29, 0.717) is 5.56 Å². The zero-order valence-electron chi connectivity index (χ0n) is 17.0. The van der Waals surface area contributed by atoms with Crippen LogP contribution in [0.3, 0.4) is 0 Å². The van der Waals surface area contributed by atoms with E-state index in [-0.39, 0.29) is 22.8 Å². The van der Waals surface area contributed by atoms with Gasteiger partial charge in [-0.3, -0.25) is 14.9 Å². The first-order chi connectivity index (χ1) is 14.3. The Hall–Kier alpha value is -2.45. The first kappa shape index (κ1) is 22.2. The van der Waals surface area contributed by atoms with E-state index in [1.54, 1.807) is 18.2 Å². The van der Waals surface area contributed by atoms with Crippen molar-refractivity contribution in [2.45, 2.75) is 13.8 Å². The van der Waals surface area contributed by atoms with Gasteiger partial charge in [0, 0.05) is 53.5 Å². The summed E-state index contributed by atoms with van der Waals surface area (Å²) in [5, 5.41) is 5.97. The number of hydrogen-bond acceptors (Lipinski definition) is 4. The molecule has 0 spiro atoms. The summed E-state index contributed by atoms with van der Waals surface area (Å²) in [6.07, 6.45) is 0. The van der Waals surface area contributed by atoms with E-state index in [0.717, 1.165) is 42.0 Å². The van der Waals surface area contributed by atoms with Gasteiger partial charge in [0.05, 0.1) is 0 Å². The molecule has 8 heteroatoms. The lowest BCUT2D eigenvalue weighted by Gasteiger charge is -2.37. The molecule has 2 aromatic rings. The van der Waals surface area contributed by atoms with Gasteiger partial charge >= 0.3 is 0 Å². The molecule has 0 saturated carbocycles. The summed E-state index contributed by atoms with van der Waals surface area (Å²) in [7, 11) is 0. The van der Waals surface area contributed by atoms with Gasteiger partial charge in [0.25, 0.3) is 5.91 Å². The standard InChI is InChI=1S/C22H25BrN4O2S/c1-15(2)21(29)27-12-10-26(11-13-27)19-8-6-18(7-9-19)24-22(30)25-20(28)16-4-3-5-17(23)14-16/h3-9,14-15H,10-13H2,1-2H3,(H2,24,25,28,30). The molecule has 158 valence electrons. The van der Waals surface area contributed by atoms with Crippen molar-refractivity contribution in [3.63, 3.8) is 0 Å². The number of benzene rings is 2. The van der Waals surface area contributed by atoms with E-state index in [1.807, 2.05) is 49.1 Å². The van der Waals surface area contributed by atoms with Crippen molar-refractivity contribution in [2.24, 2.45) is 5.92 Å². The number of nitrogens with zero attached hydrogens (tertiary/aromatic N) is 2. The zero-order chi connectivity index (χ0) is 21.7. The van der Waals surface area contributed by atoms with Crippen LogP contribution in [-0.4, -0.2) is 48.0 Å². The summed E-state index contributed by atoms with van der Waals surface area (Å²) in [4.78, 5) is 28.6. The number of nitrogens with one attached hydrogen (secondary N) is 2. The monoisotopic (exact) mass is 488 g/mol. The Morgan fingerprint density at radius 2 is 1.70 bits per heavy atom. The van der Waals surface area contributed by atoms with Crippen molar-refractivity contribution in [1.29, 1.82) is 0 Å². The van der Waals surface area contributed by atoms with E-state index in [9.17, 15) is 9.59 Å². The van der Waals surface area contributed by atoms with Crippen molar-refractivity contribution in [1.82, 2.24) is 10.2 Å². The minimum Gasteiger partial charge on any atom is -0.368 e. The average Bonchev–Trinajstić information content (AvgIpc) is 2.73. The lowest BCUT2D eigenvalue weighted by Crippen LogP contribution is -2.49. The van der Waals surface area contributed by atoms with Gasteiger partial charge in [-0.05, 0) is 54.7 Å². The molecule has 0 unspecified atom stereocenters. The Kier molecular flexibility index (Phi) is 7.44. The van der Waals surface area contributed by atoms with E-state index in [1.165, 1.54) is 0 Å². The van der Waals surface area contributed by atoms with E-state index in [2.05, 4.69) is 31.5 Å².